The number of halogens is 4. The van der Waals surface area contributed by atoms with Crippen LogP contribution in [0.15, 0.2) is 48.7 Å². The molecular weight excluding hydrogens is 473 g/mol. The number of ether oxygens (including phenoxy) is 2. The summed E-state index contributed by atoms with van der Waals surface area (Å²) in [6.45, 7) is -0.0225. The lowest BCUT2D eigenvalue weighted by molar-refractivity contribution is -0.137. The number of para-hydroxylation sites is 1. The van der Waals surface area contributed by atoms with E-state index in [1.807, 2.05) is 11.0 Å². The van der Waals surface area contributed by atoms with Gasteiger partial charge in [0.1, 0.15) is 29.5 Å². The summed E-state index contributed by atoms with van der Waals surface area (Å²) in [5.74, 6) is 1.92. The van der Waals surface area contributed by atoms with E-state index >= 15 is 0 Å². The lowest BCUT2D eigenvalue weighted by atomic mass is 10.1. The van der Waals surface area contributed by atoms with Crippen LogP contribution in [0, 0.1) is 0 Å². The molecule has 4 aromatic rings. The topological polar surface area (TPSA) is 83.5 Å². The van der Waals surface area contributed by atoms with Gasteiger partial charge in [-0.15, -0.1) is 0 Å². The van der Waals surface area contributed by atoms with Crippen molar-refractivity contribution >= 4 is 34.1 Å². The summed E-state index contributed by atoms with van der Waals surface area (Å²) in [4.78, 5) is 13.7. The standard InChI is InChI=1S/C23H18ClF3N4O3/c1-33-14-5-6-19(28-9-14)31-13(10-32)11-34-21-15(3-2-4-18(21)31)22-29-17-8-12(23(25,26)27)7-16(24)20(17)30-22/h2-9,13,32H,10-11H2,1H3,(H,29,30)/t13-/m0/s1. The van der Waals surface area contributed by atoms with E-state index in [4.69, 9.17) is 21.1 Å². The molecule has 0 saturated heterocycles. The van der Waals surface area contributed by atoms with Crippen molar-refractivity contribution in [3.05, 3.63) is 59.2 Å². The quantitative estimate of drug-likeness (QED) is 0.409. The number of aromatic nitrogens is 3. The first kappa shape index (κ1) is 22.3. The highest BCUT2D eigenvalue weighted by Gasteiger charge is 2.33. The number of rotatable bonds is 4. The molecule has 1 atom stereocenters. The number of hydrogen-bond donors (Lipinski definition) is 2. The van der Waals surface area contributed by atoms with Gasteiger partial charge in [0.15, 0.2) is 5.75 Å². The Kier molecular flexibility index (Phi) is 5.49. The third kappa shape index (κ3) is 3.78. The first-order valence-corrected chi connectivity index (χ1v) is 10.6. The Hall–Kier alpha value is -3.50. The van der Waals surface area contributed by atoms with Gasteiger partial charge in [-0.1, -0.05) is 17.7 Å². The Balaban J connectivity index is 1.63. The van der Waals surface area contributed by atoms with E-state index in [-0.39, 0.29) is 29.3 Å². The van der Waals surface area contributed by atoms with Crippen LogP contribution in [-0.2, 0) is 6.18 Å². The van der Waals surface area contributed by atoms with Crippen molar-refractivity contribution in [1.82, 2.24) is 15.0 Å². The van der Waals surface area contributed by atoms with Gasteiger partial charge in [0.05, 0.1) is 53.3 Å². The Bertz CT molecular complexity index is 1360. The zero-order valence-electron chi connectivity index (χ0n) is 17.7. The molecule has 34 heavy (non-hydrogen) atoms. The summed E-state index contributed by atoms with van der Waals surface area (Å²) >= 11 is 6.11. The van der Waals surface area contributed by atoms with Crippen molar-refractivity contribution in [3.8, 4) is 22.9 Å². The predicted molar refractivity (Wildman–Crippen MR) is 121 cm³/mol. The second-order valence-corrected chi connectivity index (χ2v) is 8.07. The zero-order valence-corrected chi connectivity index (χ0v) is 18.5. The van der Waals surface area contributed by atoms with Crippen molar-refractivity contribution in [1.29, 1.82) is 0 Å². The Labute approximate surface area is 196 Å². The van der Waals surface area contributed by atoms with E-state index in [2.05, 4.69) is 15.0 Å². The maximum absolute atomic E-state index is 13.2. The zero-order chi connectivity index (χ0) is 24.0. The van der Waals surface area contributed by atoms with Crippen LogP contribution in [0.3, 0.4) is 0 Å². The van der Waals surface area contributed by atoms with Crippen LogP contribution in [0.25, 0.3) is 22.4 Å². The molecule has 5 rings (SSSR count). The smallest absolute Gasteiger partial charge is 0.416 e. The molecule has 176 valence electrons. The van der Waals surface area contributed by atoms with Crippen molar-refractivity contribution in [2.24, 2.45) is 0 Å². The number of alkyl halides is 3. The van der Waals surface area contributed by atoms with Crippen molar-refractivity contribution in [3.63, 3.8) is 0 Å². The number of H-pyrrole nitrogens is 1. The molecule has 0 spiro atoms. The molecule has 0 unspecified atom stereocenters. The maximum Gasteiger partial charge on any atom is 0.416 e. The first-order valence-electron chi connectivity index (χ1n) is 10.2. The molecule has 1 aliphatic rings. The average Bonchev–Trinajstić information content (AvgIpc) is 3.27. The van der Waals surface area contributed by atoms with Crippen molar-refractivity contribution in [2.75, 3.05) is 25.2 Å². The van der Waals surface area contributed by atoms with Gasteiger partial charge in [-0.05, 0) is 36.4 Å². The van der Waals surface area contributed by atoms with E-state index < -0.39 is 17.8 Å². The third-order valence-corrected chi connectivity index (χ3v) is 5.86. The molecule has 0 amide bonds. The Morgan fingerprint density at radius 2 is 2.09 bits per heavy atom. The van der Waals surface area contributed by atoms with E-state index in [0.717, 1.165) is 12.1 Å². The summed E-state index contributed by atoms with van der Waals surface area (Å²) in [5.41, 5.74) is 0.676. The molecule has 2 aromatic heterocycles. The fraction of sp³-hybridized carbons (Fsp3) is 0.217. The number of aliphatic hydroxyl groups is 1. The second kappa shape index (κ2) is 8.37. The van der Waals surface area contributed by atoms with E-state index in [0.29, 0.717) is 34.4 Å². The number of aliphatic hydroxyl groups excluding tert-OH is 1. The molecule has 0 aliphatic carbocycles. The number of nitrogens with zero attached hydrogens (tertiary/aromatic N) is 3. The molecule has 2 aromatic carbocycles. The molecule has 11 heteroatoms. The largest absolute Gasteiger partial charge is 0.495 e. The Morgan fingerprint density at radius 3 is 2.76 bits per heavy atom. The van der Waals surface area contributed by atoms with Gasteiger partial charge in [0.25, 0.3) is 0 Å². The fourth-order valence-corrected chi connectivity index (χ4v) is 4.21. The number of anilines is 2. The molecule has 0 fully saturated rings. The van der Waals surface area contributed by atoms with Crippen molar-refractivity contribution in [2.45, 2.75) is 12.2 Å². The number of aromatic amines is 1. The maximum atomic E-state index is 13.2. The highest BCUT2D eigenvalue weighted by molar-refractivity contribution is 6.35. The lowest BCUT2D eigenvalue weighted by Crippen LogP contribution is -2.43. The van der Waals surface area contributed by atoms with E-state index in [9.17, 15) is 18.3 Å². The SMILES string of the molecule is COc1ccc(N2c3cccc(-c4nc5c(Cl)cc(C(F)(F)F)cc5[nH]4)c3OC[C@@H]2CO)nc1. The van der Waals surface area contributed by atoms with Crippen LogP contribution >= 0.6 is 11.6 Å². The number of methoxy groups -OCH3 is 1. The molecule has 1 aliphatic heterocycles. The molecule has 3 heterocycles. The molecule has 0 bridgehead atoms. The number of fused-ring (bicyclic) bond motifs is 2. The van der Waals surface area contributed by atoms with Crippen LogP contribution in [0.2, 0.25) is 5.02 Å². The van der Waals surface area contributed by atoms with E-state index in [1.165, 1.54) is 0 Å². The van der Waals surface area contributed by atoms with Gasteiger partial charge < -0.3 is 24.5 Å². The summed E-state index contributed by atoms with van der Waals surface area (Å²) in [6.07, 6.45) is -2.97. The van der Waals surface area contributed by atoms with Crippen LogP contribution in [0.4, 0.5) is 24.7 Å². The monoisotopic (exact) mass is 490 g/mol. The molecule has 7 nitrogen and oxygen atoms in total. The summed E-state index contributed by atoms with van der Waals surface area (Å²) in [6, 6.07) is 10.3. The predicted octanol–water partition coefficient (Wildman–Crippen LogP) is 5.20. The third-order valence-electron chi connectivity index (χ3n) is 5.58. The van der Waals surface area contributed by atoms with Gasteiger partial charge >= 0.3 is 6.18 Å². The first-order chi connectivity index (χ1) is 16.3. The minimum absolute atomic E-state index is 0.109. The number of benzene rings is 2. The molecule has 2 N–H and O–H groups in total. The van der Waals surface area contributed by atoms with Gasteiger partial charge in [0.2, 0.25) is 0 Å². The number of hydrogen-bond acceptors (Lipinski definition) is 6. The van der Waals surface area contributed by atoms with Crippen LogP contribution in [-0.4, -0.2) is 46.4 Å². The average molecular weight is 491 g/mol. The van der Waals surface area contributed by atoms with Gasteiger partial charge in [0, 0.05) is 0 Å². The van der Waals surface area contributed by atoms with Gasteiger partial charge in [-0.2, -0.15) is 13.2 Å². The fourth-order valence-electron chi connectivity index (χ4n) is 3.95. The summed E-state index contributed by atoms with van der Waals surface area (Å²) < 4.78 is 50.8. The van der Waals surface area contributed by atoms with Crippen molar-refractivity contribution < 1.29 is 27.8 Å². The summed E-state index contributed by atoms with van der Waals surface area (Å²) in [5, 5.41) is 9.84. The normalized spacial score (nSPS) is 15.8. The Morgan fingerprint density at radius 1 is 1.26 bits per heavy atom. The van der Waals surface area contributed by atoms with Gasteiger partial charge in [-0.3, -0.25) is 0 Å². The highest BCUT2D eigenvalue weighted by Crippen LogP contribution is 2.45. The van der Waals surface area contributed by atoms with Crippen LogP contribution in [0.5, 0.6) is 11.5 Å². The minimum atomic E-state index is -4.54. The highest BCUT2D eigenvalue weighted by atomic mass is 35.5. The van der Waals surface area contributed by atoms with Crippen LogP contribution < -0.4 is 14.4 Å². The minimum Gasteiger partial charge on any atom is -0.495 e. The second-order valence-electron chi connectivity index (χ2n) is 7.66. The lowest BCUT2D eigenvalue weighted by Gasteiger charge is -2.37. The molecular formula is C23H18ClF3N4O3. The van der Waals surface area contributed by atoms with Gasteiger partial charge in [-0.25, -0.2) is 9.97 Å². The number of imidazole rings is 1. The molecule has 0 saturated carbocycles. The van der Waals surface area contributed by atoms with Crippen LogP contribution in [0.1, 0.15) is 5.56 Å². The van der Waals surface area contributed by atoms with E-state index in [1.54, 1.807) is 37.6 Å². The summed E-state index contributed by atoms with van der Waals surface area (Å²) in [7, 11) is 1.54. The molecule has 0 radical (unpaired) electrons. The number of pyridine rings is 1. The number of nitrogens with one attached hydrogen (secondary N) is 1.